The van der Waals surface area contributed by atoms with Gasteiger partial charge in [-0.05, 0) is 37.2 Å². The number of amides is 1. The third-order valence-corrected chi connectivity index (χ3v) is 2.54. The van der Waals surface area contributed by atoms with Crippen molar-refractivity contribution in [1.29, 1.82) is 0 Å². The fourth-order valence-corrected chi connectivity index (χ4v) is 1.44. The van der Waals surface area contributed by atoms with Crippen molar-refractivity contribution in [1.82, 2.24) is 5.32 Å². The Balaban J connectivity index is 2.55. The third-order valence-electron chi connectivity index (χ3n) is 2.54. The summed E-state index contributed by atoms with van der Waals surface area (Å²) in [5, 5.41) is 3.09. The zero-order valence-corrected chi connectivity index (χ0v) is 10.7. The Hall–Kier alpha value is -1.55. The van der Waals surface area contributed by atoms with Crippen molar-refractivity contribution >= 4 is 11.6 Å². The van der Waals surface area contributed by atoms with Crippen LogP contribution in [0.2, 0.25) is 0 Å². The molecular formula is C13H20N2O2. The van der Waals surface area contributed by atoms with Crippen molar-refractivity contribution < 1.29 is 9.53 Å². The van der Waals surface area contributed by atoms with E-state index in [0.717, 1.165) is 24.4 Å². The second-order valence-corrected chi connectivity index (χ2v) is 3.83. The molecule has 0 saturated heterocycles. The molecule has 17 heavy (non-hydrogen) atoms. The predicted octanol–water partition coefficient (Wildman–Crippen LogP) is 1.66. The summed E-state index contributed by atoms with van der Waals surface area (Å²) < 4.78 is 5.07. The molecule has 1 aromatic rings. The topological polar surface area (TPSA) is 41.6 Å². The number of hydrogen-bond acceptors (Lipinski definition) is 3. The Morgan fingerprint density at radius 2 is 2.00 bits per heavy atom. The largest absolute Gasteiger partial charge is 0.497 e. The fourth-order valence-electron chi connectivity index (χ4n) is 1.44. The second kappa shape index (κ2) is 6.91. The monoisotopic (exact) mass is 236 g/mol. The van der Waals surface area contributed by atoms with Crippen LogP contribution in [0, 0.1) is 0 Å². The first-order chi connectivity index (χ1) is 8.19. The van der Waals surface area contributed by atoms with Crippen molar-refractivity contribution in [3.05, 3.63) is 24.3 Å². The summed E-state index contributed by atoms with van der Waals surface area (Å²) in [7, 11) is 3.40. The molecule has 0 aliphatic heterocycles. The van der Waals surface area contributed by atoms with Crippen LogP contribution in [0.1, 0.15) is 13.3 Å². The van der Waals surface area contributed by atoms with E-state index in [1.54, 1.807) is 19.1 Å². The lowest BCUT2D eigenvalue weighted by Crippen LogP contribution is -2.35. The van der Waals surface area contributed by atoms with E-state index in [9.17, 15) is 4.79 Å². The van der Waals surface area contributed by atoms with Crippen LogP contribution in [0.15, 0.2) is 24.3 Å². The highest BCUT2D eigenvalue weighted by atomic mass is 16.5. The molecule has 0 atom stereocenters. The number of nitrogens with one attached hydrogen (secondary N) is 1. The van der Waals surface area contributed by atoms with E-state index in [1.165, 1.54) is 0 Å². The van der Waals surface area contributed by atoms with Gasteiger partial charge in [0.1, 0.15) is 5.75 Å². The Morgan fingerprint density at radius 1 is 1.35 bits per heavy atom. The van der Waals surface area contributed by atoms with Crippen LogP contribution in [0.4, 0.5) is 5.69 Å². The van der Waals surface area contributed by atoms with Crippen molar-refractivity contribution in [3.63, 3.8) is 0 Å². The molecule has 0 spiro atoms. The SMILES string of the molecule is CCCNCC(=O)N(C)c1ccc(OC)cc1. The van der Waals surface area contributed by atoms with Gasteiger partial charge in [-0.3, -0.25) is 4.79 Å². The summed E-state index contributed by atoms with van der Waals surface area (Å²) in [6.45, 7) is 3.31. The molecule has 0 aliphatic rings. The number of nitrogens with zero attached hydrogens (tertiary/aromatic N) is 1. The highest BCUT2D eigenvalue weighted by Gasteiger charge is 2.09. The molecule has 4 heteroatoms. The van der Waals surface area contributed by atoms with Gasteiger partial charge in [0.2, 0.25) is 5.91 Å². The maximum atomic E-state index is 11.8. The van der Waals surface area contributed by atoms with Crippen LogP contribution in [0.5, 0.6) is 5.75 Å². The number of carbonyl (C=O) groups excluding carboxylic acids is 1. The summed E-state index contributed by atoms with van der Waals surface area (Å²) in [6, 6.07) is 7.43. The minimum absolute atomic E-state index is 0.0589. The third kappa shape index (κ3) is 4.07. The highest BCUT2D eigenvalue weighted by molar-refractivity contribution is 5.94. The first-order valence-corrected chi connectivity index (χ1v) is 5.80. The molecule has 0 unspecified atom stereocenters. The molecule has 0 radical (unpaired) electrons. The number of methoxy groups -OCH3 is 1. The van der Waals surface area contributed by atoms with E-state index in [4.69, 9.17) is 4.74 Å². The molecule has 0 bridgehead atoms. The van der Waals surface area contributed by atoms with E-state index < -0.39 is 0 Å². The van der Waals surface area contributed by atoms with Crippen LogP contribution in [-0.4, -0.2) is 33.2 Å². The quantitative estimate of drug-likeness (QED) is 0.764. The lowest BCUT2D eigenvalue weighted by molar-refractivity contribution is -0.117. The summed E-state index contributed by atoms with van der Waals surface area (Å²) in [6.07, 6.45) is 1.03. The van der Waals surface area contributed by atoms with E-state index in [0.29, 0.717) is 6.54 Å². The first kappa shape index (κ1) is 13.5. The lowest BCUT2D eigenvalue weighted by Gasteiger charge is -2.17. The Kier molecular flexibility index (Phi) is 5.49. The van der Waals surface area contributed by atoms with Gasteiger partial charge in [-0.2, -0.15) is 0 Å². The first-order valence-electron chi connectivity index (χ1n) is 5.80. The molecule has 1 aromatic carbocycles. The van der Waals surface area contributed by atoms with Crippen LogP contribution >= 0.6 is 0 Å². The van der Waals surface area contributed by atoms with Gasteiger partial charge < -0.3 is 15.0 Å². The lowest BCUT2D eigenvalue weighted by atomic mass is 10.3. The fraction of sp³-hybridized carbons (Fsp3) is 0.462. The minimum atomic E-state index is 0.0589. The Morgan fingerprint density at radius 3 is 2.53 bits per heavy atom. The van der Waals surface area contributed by atoms with Crippen LogP contribution in [-0.2, 0) is 4.79 Å². The van der Waals surface area contributed by atoms with Crippen LogP contribution in [0.25, 0.3) is 0 Å². The molecule has 94 valence electrons. The molecular weight excluding hydrogens is 216 g/mol. The minimum Gasteiger partial charge on any atom is -0.497 e. The summed E-state index contributed by atoms with van der Waals surface area (Å²) in [4.78, 5) is 13.4. The number of benzene rings is 1. The standard InChI is InChI=1S/C13H20N2O2/c1-4-9-14-10-13(16)15(2)11-5-7-12(17-3)8-6-11/h5-8,14H,4,9-10H2,1-3H3. The summed E-state index contributed by atoms with van der Waals surface area (Å²) in [5.41, 5.74) is 0.870. The number of hydrogen-bond donors (Lipinski definition) is 1. The van der Waals surface area contributed by atoms with Gasteiger partial charge in [0.15, 0.2) is 0 Å². The van der Waals surface area contributed by atoms with E-state index in [1.807, 2.05) is 24.3 Å². The highest BCUT2D eigenvalue weighted by Crippen LogP contribution is 2.17. The maximum absolute atomic E-state index is 11.8. The molecule has 1 amide bonds. The molecule has 0 saturated carbocycles. The Bertz CT molecular complexity index is 349. The second-order valence-electron chi connectivity index (χ2n) is 3.83. The summed E-state index contributed by atoms with van der Waals surface area (Å²) >= 11 is 0. The van der Waals surface area contributed by atoms with Gasteiger partial charge in [0.05, 0.1) is 13.7 Å². The van der Waals surface area contributed by atoms with Gasteiger partial charge in [-0.25, -0.2) is 0 Å². The molecule has 0 fully saturated rings. The number of likely N-dealkylation sites (N-methyl/N-ethyl adjacent to an activating group) is 1. The zero-order valence-electron chi connectivity index (χ0n) is 10.7. The maximum Gasteiger partial charge on any atom is 0.240 e. The Labute approximate surface area is 103 Å². The molecule has 0 heterocycles. The average Bonchev–Trinajstić information content (AvgIpc) is 2.38. The van der Waals surface area contributed by atoms with Gasteiger partial charge >= 0.3 is 0 Å². The van der Waals surface area contributed by atoms with Gasteiger partial charge in [-0.15, -0.1) is 0 Å². The van der Waals surface area contributed by atoms with Gasteiger partial charge in [0.25, 0.3) is 0 Å². The van der Waals surface area contributed by atoms with Crippen molar-refractivity contribution in [2.45, 2.75) is 13.3 Å². The zero-order chi connectivity index (χ0) is 12.7. The normalized spacial score (nSPS) is 10.1. The number of anilines is 1. The predicted molar refractivity (Wildman–Crippen MR) is 69.6 cm³/mol. The summed E-state index contributed by atoms with van der Waals surface area (Å²) in [5.74, 6) is 0.849. The van der Waals surface area contributed by atoms with Gasteiger partial charge in [-0.1, -0.05) is 6.92 Å². The van der Waals surface area contributed by atoms with E-state index >= 15 is 0 Å². The average molecular weight is 236 g/mol. The molecule has 4 nitrogen and oxygen atoms in total. The van der Waals surface area contributed by atoms with Crippen molar-refractivity contribution in [3.8, 4) is 5.75 Å². The van der Waals surface area contributed by atoms with Crippen molar-refractivity contribution in [2.24, 2.45) is 0 Å². The molecule has 0 aromatic heterocycles. The smallest absolute Gasteiger partial charge is 0.240 e. The van der Waals surface area contributed by atoms with E-state index in [-0.39, 0.29) is 5.91 Å². The number of ether oxygens (including phenoxy) is 1. The molecule has 0 aliphatic carbocycles. The number of rotatable bonds is 6. The van der Waals surface area contributed by atoms with Crippen LogP contribution in [0.3, 0.4) is 0 Å². The van der Waals surface area contributed by atoms with Gasteiger partial charge in [0, 0.05) is 12.7 Å². The van der Waals surface area contributed by atoms with E-state index in [2.05, 4.69) is 12.2 Å². The van der Waals surface area contributed by atoms with Crippen molar-refractivity contribution in [2.75, 3.05) is 32.1 Å². The molecule has 1 rings (SSSR count). The molecule has 1 N–H and O–H groups in total. The number of carbonyl (C=O) groups is 1. The van der Waals surface area contributed by atoms with Crippen LogP contribution < -0.4 is 15.0 Å².